The Morgan fingerprint density at radius 1 is 0.621 bits per heavy atom. The molecule has 4 aromatic rings. The zero-order valence-corrected chi connectivity index (χ0v) is 15.3. The summed E-state index contributed by atoms with van der Waals surface area (Å²) in [5.74, 6) is -5.51. The van der Waals surface area contributed by atoms with E-state index in [1.807, 2.05) is 42.5 Å². The minimum absolute atomic E-state index is 0.0860. The van der Waals surface area contributed by atoms with Crippen molar-refractivity contribution < 1.29 is 17.6 Å². The molecule has 0 saturated heterocycles. The van der Waals surface area contributed by atoms with Crippen LogP contribution in [0, 0.1) is 23.3 Å². The Balaban J connectivity index is 1.74. The van der Waals surface area contributed by atoms with Crippen LogP contribution in [0.25, 0.3) is 28.0 Å². The van der Waals surface area contributed by atoms with Gasteiger partial charge in [0.2, 0.25) is 0 Å². The van der Waals surface area contributed by atoms with Crippen molar-refractivity contribution in [3.05, 3.63) is 113 Å². The van der Waals surface area contributed by atoms with Crippen LogP contribution in [-0.4, -0.2) is 0 Å². The summed E-state index contributed by atoms with van der Waals surface area (Å²) in [6.07, 6.45) is 2.86. The average molecular weight is 392 g/mol. The van der Waals surface area contributed by atoms with E-state index in [2.05, 4.69) is 0 Å². The second kappa shape index (κ2) is 7.92. The van der Waals surface area contributed by atoms with Gasteiger partial charge in [-0.15, -0.1) is 0 Å². The normalized spacial score (nSPS) is 11.4. The van der Waals surface area contributed by atoms with Crippen LogP contribution in [0.2, 0.25) is 0 Å². The van der Waals surface area contributed by atoms with Gasteiger partial charge in [0.05, 0.1) is 5.56 Å². The maximum absolute atomic E-state index is 14.7. The molecule has 4 rings (SSSR count). The van der Waals surface area contributed by atoms with Crippen LogP contribution in [0.3, 0.4) is 0 Å². The molecule has 29 heavy (non-hydrogen) atoms. The molecule has 0 heterocycles. The first-order valence-corrected chi connectivity index (χ1v) is 9.12. The molecule has 0 nitrogen and oxygen atoms in total. The second-order valence-electron chi connectivity index (χ2n) is 6.69. The molecule has 144 valence electrons. The lowest BCUT2D eigenvalue weighted by molar-refractivity contribution is 0.446. The van der Waals surface area contributed by atoms with Crippen LogP contribution in [0.4, 0.5) is 17.6 Å². The zero-order chi connectivity index (χ0) is 20.4. The van der Waals surface area contributed by atoms with Crippen molar-refractivity contribution in [2.24, 2.45) is 0 Å². The highest BCUT2D eigenvalue weighted by molar-refractivity contribution is 5.87. The van der Waals surface area contributed by atoms with Gasteiger partial charge in [0.15, 0.2) is 23.3 Å². The predicted octanol–water partition coefficient (Wildman–Crippen LogP) is 7.32. The highest BCUT2D eigenvalue weighted by Gasteiger charge is 2.25. The largest absolute Gasteiger partial charge is 0.203 e. The van der Waals surface area contributed by atoms with Gasteiger partial charge in [0.1, 0.15) is 0 Å². The van der Waals surface area contributed by atoms with Gasteiger partial charge < -0.3 is 0 Å². The third-order valence-electron chi connectivity index (χ3n) is 4.82. The first-order chi connectivity index (χ1) is 14.1. The molecule has 0 aromatic heterocycles. The standard InChI is InChI=1S/C25H16F4/c26-22-20(12-6-9-16-7-2-1-3-8-16)23(27)25(29)21(24(22)28)19-14-13-17-10-4-5-11-18(17)15-19/h1-11,13-15H,12H2. The Kier molecular flexibility index (Phi) is 5.17. The van der Waals surface area contributed by atoms with Crippen LogP contribution in [0.1, 0.15) is 11.1 Å². The summed E-state index contributed by atoms with van der Waals surface area (Å²) in [6.45, 7) is 0. The van der Waals surface area contributed by atoms with Crippen LogP contribution in [-0.2, 0) is 6.42 Å². The average Bonchev–Trinajstić information content (AvgIpc) is 2.75. The Morgan fingerprint density at radius 3 is 1.93 bits per heavy atom. The maximum atomic E-state index is 14.7. The Bertz CT molecular complexity index is 1180. The lowest BCUT2D eigenvalue weighted by Gasteiger charge is -2.12. The maximum Gasteiger partial charge on any atom is 0.170 e. The molecule has 4 heteroatoms. The van der Waals surface area contributed by atoms with E-state index >= 15 is 0 Å². The molecule has 0 bridgehead atoms. The fraction of sp³-hybridized carbons (Fsp3) is 0.0400. The minimum atomic E-state index is -1.39. The molecule has 4 aromatic carbocycles. The van der Waals surface area contributed by atoms with Gasteiger partial charge in [-0.1, -0.05) is 78.9 Å². The number of halogens is 4. The van der Waals surface area contributed by atoms with Gasteiger partial charge in [0.25, 0.3) is 0 Å². The van der Waals surface area contributed by atoms with Crippen LogP contribution in [0.15, 0.2) is 78.9 Å². The Hall–Kier alpha value is -3.40. The molecule has 0 N–H and O–H groups in total. The van der Waals surface area contributed by atoms with Gasteiger partial charge in [-0.3, -0.25) is 0 Å². The number of rotatable bonds is 4. The van der Waals surface area contributed by atoms with Crippen LogP contribution < -0.4 is 0 Å². The number of hydrogen-bond donors (Lipinski definition) is 0. The Morgan fingerprint density at radius 2 is 1.24 bits per heavy atom. The smallest absolute Gasteiger partial charge is 0.170 e. The molecular weight excluding hydrogens is 376 g/mol. The lowest BCUT2D eigenvalue weighted by Crippen LogP contribution is -2.05. The number of fused-ring (bicyclic) bond motifs is 1. The quantitative estimate of drug-likeness (QED) is 0.252. The van der Waals surface area contributed by atoms with Crippen molar-refractivity contribution in [2.75, 3.05) is 0 Å². The summed E-state index contributed by atoms with van der Waals surface area (Å²) in [4.78, 5) is 0. The fourth-order valence-corrected chi connectivity index (χ4v) is 3.33. The number of allylic oxidation sites excluding steroid dienone is 1. The molecule has 0 atom stereocenters. The molecule has 0 spiro atoms. The van der Waals surface area contributed by atoms with Crippen molar-refractivity contribution in [1.82, 2.24) is 0 Å². The summed E-state index contributed by atoms with van der Waals surface area (Å²) < 4.78 is 58.7. The zero-order valence-electron chi connectivity index (χ0n) is 15.3. The first-order valence-electron chi connectivity index (χ1n) is 9.12. The topological polar surface area (TPSA) is 0 Å². The molecular formula is C25H16F4. The van der Waals surface area contributed by atoms with E-state index in [0.717, 1.165) is 16.3 Å². The summed E-state index contributed by atoms with van der Waals surface area (Å²) in [7, 11) is 0. The van der Waals surface area contributed by atoms with E-state index in [4.69, 9.17) is 0 Å². The van der Waals surface area contributed by atoms with Crippen molar-refractivity contribution in [1.29, 1.82) is 0 Å². The van der Waals surface area contributed by atoms with Crippen LogP contribution >= 0.6 is 0 Å². The molecule has 0 saturated carbocycles. The molecule has 0 aliphatic rings. The molecule has 0 aliphatic heterocycles. The molecule has 0 amide bonds. The Labute approximate surface area is 165 Å². The first kappa shape index (κ1) is 18.9. The number of hydrogen-bond acceptors (Lipinski definition) is 0. The van der Waals surface area contributed by atoms with E-state index in [1.165, 1.54) is 18.2 Å². The summed E-state index contributed by atoms with van der Waals surface area (Å²) in [6, 6.07) is 21.0. The second-order valence-corrected chi connectivity index (χ2v) is 6.69. The van der Waals surface area contributed by atoms with Gasteiger partial charge in [-0.05, 0) is 34.4 Å². The molecule has 0 unspecified atom stereocenters. The lowest BCUT2D eigenvalue weighted by atomic mass is 9.97. The van der Waals surface area contributed by atoms with Gasteiger partial charge in [-0.25, -0.2) is 17.6 Å². The monoisotopic (exact) mass is 392 g/mol. The van der Waals surface area contributed by atoms with Gasteiger partial charge in [0, 0.05) is 5.56 Å². The predicted molar refractivity (Wildman–Crippen MR) is 108 cm³/mol. The SMILES string of the molecule is Fc1c(F)c(-c2ccc3ccccc3c2)c(F)c(F)c1CC=Cc1ccccc1. The van der Waals surface area contributed by atoms with E-state index < -0.39 is 34.4 Å². The van der Waals surface area contributed by atoms with E-state index in [9.17, 15) is 17.6 Å². The summed E-state index contributed by atoms with van der Waals surface area (Å²) >= 11 is 0. The minimum Gasteiger partial charge on any atom is -0.203 e. The molecule has 0 aliphatic carbocycles. The van der Waals surface area contributed by atoms with E-state index in [0.29, 0.717) is 0 Å². The highest BCUT2D eigenvalue weighted by Crippen LogP contribution is 2.34. The number of benzene rings is 4. The molecule has 0 fully saturated rings. The third kappa shape index (κ3) is 3.66. The van der Waals surface area contributed by atoms with Crippen molar-refractivity contribution in [3.8, 4) is 11.1 Å². The van der Waals surface area contributed by atoms with Crippen molar-refractivity contribution in [2.45, 2.75) is 6.42 Å². The van der Waals surface area contributed by atoms with Gasteiger partial charge in [-0.2, -0.15) is 0 Å². The molecule has 0 radical (unpaired) electrons. The summed E-state index contributed by atoms with van der Waals surface area (Å²) in [5.41, 5.74) is -0.414. The van der Waals surface area contributed by atoms with Gasteiger partial charge >= 0.3 is 0 Å². The van der Waals surface area contributed by atoms with E-state index in [-0.39, 0.29) is 12.0 Å². The highest BCUT2D eigenvalue weighted by atomic mass is 19.2. The van der Waals surface area contributed by atoms with Crippen LogP contribution in [0.5, 0.6) is 0 Å². The fourth-order valence-electron chi connectivity index (χ4n) is 3.33. The summed E-state index contributed by atoms with van der Waals surface area (Å²) in [5, 5.41) is 1.58. The van der Waals surface area contributed by atoms with Crippen molar-refractivity contribution in [3.63, 3.8) is 0 Å². The third-order valence-corrected chi connectivity index (χ3v) is 4.82. The van der Waals surface area contributed by atoms with Crippen molar-refractivity contribution >= 4 is 16.8 Å². The van der Waals surface area contributed by atoms with E-state index in [1.54, 1.807) is 24.3 Å².